The van der Waals surface area contributed by atoms with Crippen molar-refractivity contribution in [3.63, 3.8) is 0 Å². The summed E-state index contributed by atoms with van der Waals surface area (Å²) in [6.07, 6.45) is 0.176. The molecule has 1 heterocycles. The van der Waals surface area contributed by atoms with Gasteiger partial charge in [-0.05, 0) is 36.1 Å². The van der Waals surface area contributed by atoms with Crippen molar-refractivity contribution in [1.29, 1.82) is 0 Å². The average molecular weight is 361 g/mol. The van der Waals surface area contributed by atoms with Gasteiger partial charge < -0.3 is 9.84 Å². The second kappa shape index (κ2) is 8.14. The van der Waals surface area contributed by atoms with Crippen LogP contribution in [-0.4, -0.2) is 23.2 Å². The van der Waals surface area contributed by atoms with E-state index in [4.69, 9.17) is 4.74 Å². The summed E-state index contributed by atoms with van der Waals surface area (Å²) in [6, 6.07) is 10.0. The molecule has 2 aromatic carbocycles. The fraction of sp³-hybridized carbons (Fsp3) is 0.429. The number of aliphatic hydroxyl groups is 1. The molecule has 0 saturated heterocycles. The molecule has 1 aliphatic rings. The van der Waals surface area contributed by atoms with Crippen LogP contribution in [0.2, 0.25) is 0 Å². The summed E-state index contributed by atoms with van der Waals surface area (Å²) in [4.78, 5) is 2.03. The minimum Gasteiger partial charge on any atom is -0.492 e. The van der Waals surface area contributed by atoms with Gasteiger partial charge in [0.25, 0.3) is 0 Å². The highest BCUT2D eigenvalue weighted by molar-refractivity contribution is 5.38. The topological polar surface area (TPSA) is 32.7 Å². The summed E-state index contributed by atoms with van der Waals surface area (Å²) in [5, 5.41) is 10.4. The maximum atomic E-state index is 14.0. The van der Waals surface area contributed by atoms with E-state index < -0.39 is 17.7 Å². The first-order chi connectivity index (χ1) is 12.4. The number of halogens is 2. The van der Waals surface area contributed by atoms with Crippen molar-refractivity contribution in [3.8, 4) is 5.75 Å². The number of hydrogen-bond acceptors (Lipinski definition) is 3. The van der Waals surface area contributed by atoms with Crippen molar-refractivity contribution in [3.05, 3.63) is 64.7 Å². The molecule has 3 rings (SSSR count). The smallest absolute Gasteiger partial charge is 0.163 e. The third kappa shape index (κ3) is 4.40. The first kappa shape index (κ1) is 18.8. The van der Waals surface area contributed by atoms with E-state index >= 15 is 0 Å². The number of ether oxygens (including phenoxy) is 1. The minimum absolute atomic E-state index is 0.311. The highest BCUT2D eigenvalue weighted by atomic mass is 19.2. The van der Waals surface area contributed by atoms with E-state index in [0.717, 1.165) is 22.9 Å². The van der Waals surface area contributed by atoms with Gasteiger partial charge in [-0.3, -0.25) is 4.90 Å². The standard InChI is InChI=1S/C21H25F2NO2/c1-14(2)10-19(25)15-6-7-20-17(11-15)13-24(8-9-26-20)12-16-4-3-5-18(22)21(16)23/h3-7,11,14,19,25H,8-10,12-13H2,1-2H3/t19-/m1/s1. The molecule has 0 unspecified atom stereocenters. The molecule has 0 fully saturated rings. The summed E-state index contributed by atoms with van der Waals surface area (Å²) in [6.45, 7) is 6.13. The lowest BCUT2D eigenvalue weighted by Crippen LogP contribution is -2.26. The van der Waals surface area contributed by atoms with Gasteiger partial charge in [0.1, 0.15) is 12.4 Å². The largest absolute Gasteiger partial charge is 0.492 e. The molecule has 0 bridgehead atoms. The molecule has 2 aromatic rings. The number of benzene rings is 2. The minimum atomic E-state index is -0.826. The fourth-order valence-corrected chi connectivity index (χ4v) is 3.30. The molecule has 5 heteroatoms. The molecule has 0 radical (unpaired) electrons. The number of nitrogens with zero attached hydrogens (tertiary/aromatic N) is 1. The molecule has 3 nitrogen and oxygen atoms in total. The van der Waals surface area contributed by atoms with Gasteiger partial charge in [-0.2, -0.15) is 0 Å². The Morgan fingerprint density at radius 1 is 1.19 bits per heavy atom. The first-order valence-electron chi connectivity index (χ1n) is 9.03. The molecule has 0 saturated carbocycles. The van der Waals surface area contributed by atoms with Crippen LogP contribution in [0.15, 0.2) is 36.4 Å². The lowest BCUT2D eigenvalue weighted by molar-refractivity contribution is 0.151. The number of aliphatic hydroxyl groups excluding tert-OH is 1. The van der Waals surface area contributed by atoms with Gasteiger partial charge in [0.05, 0.1) is 6.10 Å². The molecule has 1 aliphatic heterocycles. The van der Waals surface area contributed by atoms with Gasteiger partial charge in [-0.15, -0.1) is 0 Å². The SMILES string of the molecule is CC(C)C[C@@H](O)c1ccc2c(c1)CN(Cc1cccc(F)c1F)CCO2. The maximum Gasteiger partial charge on any atom is 0.163 e. The maximum absolute atomic E-state index is 14.0. The zero-order valence-corrected chi connectivity index (χ0v) is 15.2. The molecule has 140 valence electrons. The highest BCUT2D eigenvalue weighted by Crippen LogP contribution is 2.29. The number of hydrogen-bond donors (Lipinski definition) is 1. The van der Waals surface area contributed by atoms with E-state index in [2.05, 4.69) is 13.8 Å². The van der Waals surface area contributed by atoms with Crippen molar-refractivity contribution < 1.29 is 18.6 Å². The average Bonchev–Trinajstić information content (AvgIpc) is 2.79. The predicted molar refractivity (Wildman–Crippen MR) is 96.8 cm³/mol. The van der Waals surface area contributed by atoms with Crippen LogP contribution < -0.4 is 4.74 Å². The molecule has 26 heavy (non-hydrogen) atoms. The summed E-state index contributed by atoms with van der Waals surface area (Å²) in [5.41, 5.74) is 2.16. The third-order valence-corrected chi connectivity index (χ3v) is 4.65. The van der Waals surface area contributed by atoms with E-state index in [9.17, 15) is 13.9 Å². The molecule has 0 spiro atoms. The number of rotatable bonds is 5. The summed E-state index contributed by atoms with van der Waals surface area (Å²) < 4.78 is 33.2. The van der Waals surface area contributed by atoms with Crippen LogP contribution in [0.1, 0.15) is 43.1 Å². The van der Waals surface area contributed by atoms with E-state index in [1.165, 1.54) is 6.07 Å². The second-order valence-electron chi connectivity index (χ2n) is 7.28. The molecule has 0 aromatic heterocycles. The van der Waals surface area contributed by atoms with Crippen molar-refractivity contribution in [2.45, 2.75) is 39.5 Å². The predicted octanol–water partition coefficient (Wildman–Crippen LogP) is 4.44. The Hall–Kier alpha value is -1.98. The molecule has 1 atom stereocenters. The summed E-state index contributed by atoms with van der Waals surface area (Å²) in [7, 11) is 0. The molecular weight excluding hydrogens is 336 g/mol. The van der Waals surface area contributed by atoms with E-state index in [1.54, 1.807) is 6.07 Å². The fourth-order valence-electron chi connectivity index (χ4n) is 3.30. The lowest BCUT2D eigenvalue weighted by Gasteiger charge is -2.20. The van der Waals surface area contributed by atoms with Crippen LogP contribution >= 0.6 is 0 Å². The van der Waals surface area contributed by atoms with Crippen molar-refractivity contribution >= 4 is 0 Å². The molecule has 0 amide bonds. The Labute approximate surface area is 153 Å². The Morgan fingerprint density at radius 3 is 2.77 bits per heavy atom. The summed E-state index contributed by atoms with van der Waals surface area (Å²) >= 11 is 0. The Bertz CT molecular complexity index is 764. The molecule has 0 aliphatic carbocycles. The van der Waals surface area contributed by atoms with Crippen LogP contribution in [-0.2, 0) is 13.1 Å². The van der Waals surface area contributed by atoms with Gasteiger partial charge in [0.2, 0.25) is 0 Å². The van der Waals surface area contributed by atoms with Crippen molar-refractivity contribution in [1.82, 2.24) is 4.90 Å². The molecular formula is C21H25F2NO2. The van der Waals surface area contributed by atoms with Gasteiger partial charge in [0.15, 0.2) is 11.6 Å². The van der Waals surface area contributed by atoms with E-state index in [0.29, 0.717) is 44.1 Å². The quantitative estimate of drug-likeness (QED) is 0.855. The Balaban J connectivity index is 1.79. The van der Waals surface area contributed by atoms with Crippen LogP contribution in [0.4, 0.5) is 8.78 Å². The number of fused-ring (bicyclic) bond motifs is 1. The Morgan fingerprint density at radius 2 is 2.00 bits per heavy atom. The van der Waals surface area contributed by atoms with Gasteiger partial charge >= 0.3 is 0 Å². The zero-order valence-electron chi connectivity index (χ0n) is 15.2. The Kier molecular flexibility index (Phi) is 5.89. The van der Waals surface area contributed by atoms with Gasteiger partial charge in [-0.25, -0.2) is 8.78 Å². The second-order valence-corrected chi connectivity index (χ2v) is 7.28. The zero-order chi connectivity index (χ0) is 18.7. The normalized spacial score (nSPS) is 16.1. The lowest BCUT2D eigenvalue weighted by atomic mass is 9.97. The third-order valence-electron chi connectivity index (χ3n) is 4.65. The first-order valence-corrected chi connectivity index (χ1v) is 9.03. The van der Waals surface area contributed by atoms with E-state index in [1.807, 2.05) is 23.1 Å². The van der Waals surface area contributed by atoms with Crippen molar-refractivity contribution in [2.24, 2.45) is 5.92 Å². The highest BCUT2D eigenvalue weighted by Gasteiger charge is 2.20. The summed E-state index contributed by atoms with van der Waals surface area (Å²) in [5.74, 6) is -0.438. The van der Waals surface area contributed by atoms with Crippen LogP contribution in [0.3, 0.4) is 0 Å². The van der Waals surface area contributed by atoms with E-state index in [-0.39, 0.29) is 0 Å². The monoisotopic (exact) mass is 361 g/mol. The van der Waals surface area contributed by atoms with Crippen molar-refractivity contribution in [2.75, 3.05) is 13.2 Å². The van der Waals surface area contributed by atoms with Crippen LogP contribution in [0.5, 0.6) is 5.75 Å². The molecule has 1 N–H and O–H groups in total. The van der Waals surface area contributed by atoms with Gasteiger partial charge in [0, 0.05) is 30.8 Å². The van der Waals surface area contributed by atoms with Gasteiger partial charge in [-0.1, -0.05) is 32.0 Å². The van der Waals surface area contributed by atoms with Crippen LogP contribution in [0.25, 0.3) is 0 Å². The van der Waals surface area contributed by atoms with Crippen LogP contribution in [0, 0.1) is 17.6 Å².